The Labute approximate surface area is 155 Å². The molecule has 1 fully saturated rings. The standard InChI is InChI=1S/C19H29FN6/c1-5-6-17(18-21-22-23-26(18)19(2,3)4)25-13-11-24(12-14-25)16-9-7-15(20)8-10-16/h7-10,17H,5-6,11-14H2,1-4H3/t17-/m0/s1. The minimum atomic E-state index is -0.190. The predicted octanol–water partition coefficient (Wildman–Crippen LogP) is 3.23. The first kappa shape index (κ1) is 18.8. The molecule has 1 aliphatic heterocycles. The second kappa shape index (κ2) is 7.70. The van der Waals surface area contributed by atoms with Gasteiger partial charge in [0.15, 0.2) is 5.82 Å². The highest BCUT2D eigenvalue weighted by Gasteiger charge is 2.31. The highest BCUT2D eigenvalue weighted by Crippen LogP contribution is 2.29. The van der Waals surface area contributed by atoms with Crippen molar-refractivity contribution in [1.29, 1.82) is 0 Å². The number of tetrazole rings is 1. The zero-order valence-corrected chi connectivity index (χ0v) is 16.2. The third-order valence-electron chi connectivity index (χ3n) is 4.94. The van der Waals surface area contributed by atoms with Crippen LogP contribution in [0.1, 0.15) is 52.4 Å². The number of nitrogens with zero attached hydrogens (tertiary/aromatic N) is 6. The van der Waals surface area contributed by atoms with E-state index in [2.05, 4.69) is 53.0 Å². The number of aromatic nitrogens is 4. The Morgan fingerprint density at radius 2 is 1.73 bits per heavy atom. The number of benzene rings is 1. The van der Waals surface area contributed by atoms with Crippen LogP contribution in [-0.4, -0.2) is 51.3 Å². The third-order valence-corrected chi connectivity index (χ3v) is 4.94. The molecule has 1 atom stereocenters. The van der Waals surface area contributed by atoms with Crippen LogP contribution in [0.2, 0.25) is 0 Å². The highest BCUT2D eigenvalue weighted by molar-refractivity contribution is 5.46. The quantitative estimate of drug-likeness (QED) is 0.819. The molecule has 0 unspecified atom stereocenters. The van der Waals surface area contributed by atoms with Gasteiger partial charge in [0.25, 0.3) is 0 Å². The minimum Gasteiger partial charge on any atom is -0.369 e. The first-order valence-corrected chi connectivity index (χ1v) is 9.43. The first-order valence-electron chi connectivity index (χ1n) is 9.43. The molecular weight excluding hydrogens is 331 g/mol. The van der Waals surface area contributed by atoms with Crippen LogP contribution in [-0.2, 0) is 5.54 Å². The Balaban J connectivity index is 1.73. The molecule has 0 aliphatic carbocycles. The maximum atomic E-state index is 13.1. The summed E-state index contributed by atoms with van der Waals surface area (Å²) in [6.45, 7) is 12.3. The van der Waals surface area contributed by atoms with Crippen molar-refractivity contribution < 1.29 is 4.39 Å². The number of hydrogen-bond donors (Lipinski definition) is 0. The second-order valence-electron chi connectivity index (χ2n) is 7.92. The minimum absolute atomic E-state index is 0.138. The van der Waals surface area contributed by atoms with Crippen molar-refractivity contribution in [2.24, 2.45) is 0 Å². The summed E-state index contributed by atoms with van der Waals surface area (Å²) >= 11 is 0. The SMILES string of the molecule is CCC[C@@H](c1nnnn1C(C)(C)C)N1CCN(c2ccc(F)cc2)CC1. The molecule has 7 heteroatoms. The maximum absolute atomic E-state index is 13.1. The van der Waals surface area contributed by atoms with Gasteiger partial charge in [0.05, 0.1) is 11.6 Å². The fourth-order valence-electron chi connectivity index (χ4n) is 3.57. The molecule has 0 saturated carbocycles. The third kappa shape index (κ3) is 4.03. The molecule has 0 amide bonds. The van der Waals surface area contributed by atoms with Gasteiger partial charge < -0.3 is 4.90 Å². The number of halogens is 1. The van der Waals surface area contributed by atoms with E-state index in [4.69, 9.17) is 0 Å². The van der Waals surface area contributed by atoms with Crippen LogP contribution < -0.4 is 4.90 Å². The van der Waals surface area contributed by atoms with E-state index >= 15 is 0 Å². The molecule has 0 N–H and O–H groups in total. The summed E-state index contributed by atoms with van der Waals surface area (Å²) in [7, 11) is 0. The van der Waals surface area contributed by atoms with Gasteiger partial charge in [0.1, 0.15) is 5.82 Å². The summed E-state index contributed by atoms with van der Waals surface area (Å²) in [4.78, 5) is 4.79. The fraction of sp³-hybridized carbons (Fsp3) is 0.632. The molecule has 0 spiro atoms. The molecule has 1 saturated heterocycles. The van der Waals surface area contributed by atoms with Gasteiger partial charge in [0.2, 0.25) is 0 Å². The lowest BCUT2D eigenvalue weighted by Crippen LogP contribution is -2.48. The van der Waals surface area contributed by atoms with Crippen molar-refractivity contribution >= 4 is 5.69 Å². The molecule has 2 heterocycles. The van der Waals surface area contributed by atoms with Crippen molar-refractivity contribution in [3.63, 3.8) is 0 Å². The maximum Gasteiger partial charge on any atom is 0.168 e. The zero-order chi connectivity index (χ0) is 18.7. The average Bonchev–Trinajstić information content (AvgIpc) is 3.10. The Kier molecular flexibility index (Phi) is 5.55. The van der Waals surface area contributed by atoms with Gasteiger partial charge in [-0.2, -0.15) is 0 Å². The molecule has 0 bridgehead atoms. The molecule has 1 aromatic carbocycles. The Morgan fingerprint density at radius 3 is 2.31 bits per heavy atom. The molecule has 1 aliphatic rings. The number of rotatable bonds is 5. The largest absolute Gasteiger partial charge is 0.369 e. The summed E-state index contributed by atoms with van der Waals surface area (Å²) < 4.78 is 15.1. The molecule has 6 nitrogen and oxygen atoms in total. The van der Waals surface area contributed by atoms with E-state index in [1.807, 2.05) is 16.8 Å². The Hall–Kier alpha value is -2.02. The highest BCUT2D eigenvalue weighted by atomic mass is 19.1. The Morgan fingerprint density at radius 1 is 1.08 bits per heavy atom. The topological polar surface area (TPSA) is 50.1 Å². The van der Waals surface area contributed by atoms with Gasteiger partial charge in [-0.15, -0.1) is 5.10 Å². The molecule has 0 radical (unpaired) electrons. The van der Waals surface area contributed by atoms with Gasteiger partial charge in [-0.25, -0.2) is 9.07 Å². The van der Waals surface area contributed by atoms with Gasteiger partial charge in [-0.3, -0.25) is 4.90 Å². The zero-order valence-electron chi connectivity index (χ0n) is 16.2. The van der Waals surface area contributed by atoms with Crippen molar-refractivity contribution in [3.05, 3.63) is 35.9 Å². The summed E-state index contributed by atoms with van der Waals surface area (Å²) in [5, 5.41) is 12.6. The summed E-state index contributed by atoms with van der Waals surface area (Å²) in [6.07, 6.45) is 2.12. The molecule has 142 valence electrons. The van der Waals surface area contributed by atoms with E-state index in [0.717, 1.165) is 50.5 Å². The van der Waals surface area contributed by atoms with Gasteiger partial charge in [-0.05, 0) is 61.9 Å². The van der Waals surface area contributed by atoms with Crippen LogP contribution in [0, 0.1) is 5.82 Å². The molecular formula is C19H29FN6. The van der Waals surface area contributed by atoms with E-state index in [1.54, 1.807) is 0 Å². The normalized spacial score (nSPS) is 17.5. The number of piperazine rings is 1. The smallest absolute Gasteiger partial charge is 0.168 e. The van der Waals surface area contributed by atoms with Crippen molar-refractivity contribution in [1.82, 2.24) is 25.1 Å². The monoisotopic (exact) mass is 360 g/mol. The van der Waals surface area contributed by atoms with Crippen LogP contribution in [0.3, 0.4) is 0 Å². The van der Waals surface area contributed by atoms with Crippen LogP contribution >= 0.6 is 0 Å². The average molecular weight is 360 g/mol. The van der Waals surface area contributed by atoms with Crippen LogP contribution in [0.25, 0.3) is 0 Å². The van der Waals surface area contributed by atoms with E-state index < -0.39 is 0 Å². The summed E-state index contributed by atoms with van der Waals surface area (Å²) in [5.74, 6) is 0.763. The van der Waals surface area contributed by atoms with Crippen LogP contribution in [0.15, 0.2) is 24.3 Å². The van der Waals surface area contributed by atoms with Crippen LogP contribution in [0.5, 0.6) is 0 Å². The van der Waals surface area contributed by atoms with E-state index in [0.29, 0.717) is 0 Å². The van der Waals surface area contributed by atoms with Crippen LogP contribution in [0.4, 0.5) is 10.1 Å². The van der Waals surface area contributed by atoms with Gasteiger partial charge >= 0.3 is 0 Å². The molecule has 2 aromatic rings. The van der Waals surface area contributed by atoms with Gasteiger partial charge in [-0.1, -0.05) is 13.3 Å². The molecule has 26 heavy (non-hydrogen) atoms. The van der Waals surface area contributed by atoms with Crippen molar-refractivity contribution in [2.45, 2.75) is 52.1 Å². The summed E-state index contributed by atoms with van der Waals surface area (Å²) in [6, 6.07) is 6.99. The number of hydrogen-bond acceptors (Lipinski definition) is 5. The van der Waals surface area contributed by atoms with Gasteiger partial charge in [0, 0.05) is 31.9 Å². The van der Waals surface area contributed by atoms with E-state index in [9.17, 15) is 4.39 Å². The van der Waals surface area contributed by atoms with E-state index in [-0.39, 0.29) is 17.4 Å². The summed E-state index contributed by atoms with van der Waals surface area (Å²) in [5.41, 5.74) is 0.943. The van der Waals surface area contributed by atoms with Crippen molar-refractivity contribution in [3.8, 4) is 0 Å². The lowest BCUT2D eigenvalue weighted by Gasteiger charge is -2.40. The lowest BCUT2D eigenvalue weighted by atomic mass is 10.0. The molecule has 3 rings (SSSR count). The first-order chi connectivity index (χ1) is 12.4. The number of anilines is 1. The molecule has 1 aromatic heterocycles. The lowest BCUT2D eigenvalue weighted by molar-refractivity contribution is 0.156. The second-order valence-corrected chi connectivity index (χ2v) is 7.92. The fourth-order valence-corrected chi connectivity index (χ4v) is 3.57. The van der Waals surface area contributed by atoms with E-state index in [1.165, 1.54) is 12.1 Å². The Bertz CT molecular complexity index is 698. The predicted molar refractivity (Wildman–Crippen MR) is 101 cm³/mol. The van der Waals surface area contributed by atoms with Crippen molar-refractivity contribution in [2.75, 3.05) is 31.1 Å².